The van der Waals surface area contributed by atoms with Crippen LogP contribution in [0.3, 0.4) is 0 Å². The van der Waals surface area contributed by atoms with Gasteiger partial charge in [0.1, 0.15) is 0 Å². The van der Waals surface area contributed by atoms with Gasteiger partial charge in [-0.2, -0.15) is 0 Å². The summed E-state index contributed by atoms with van der Waals surface area (Å²) < 4.78 is 0. The Morgan fingerprint density at radius 2 is 2.00 bits per heavy atom. The lowest BCUT2D eigenvalue weighted by atomic mass is 9.82. The topological polar surface area (TPSA) is 15.3 Å². The summed E-state index contributed by atoms with van der Waals surface area (Å²) in [5.74, 6) is 0.935. The Morgan fingerprint density at radius 3 is 2.67 bits per heavy atom. The van der Waals surface area contributed by atoms with E-state index in [4.69, 9.17) is 0 Å². The summed E-state index contributed by atoms with van der Waals surface area (Å²) in [6.07, 6.45) is 13.0. The highest BCUT2D eigenvalue weighted by Crippen LogP contribution is 2.28. The lowest BCUT2D eigenvalue weighted by Crippen LogP contribution is -2.58. The molecule has 0 aromatic heterocycles. The fourth-order valence-electron chi connectivity index (χ4n) is 3.60. The Kier molecular flexibility index (Phi) is 5.71. The van der Waals surface area contributed by atoms with Crippen LogP contribution in [0.2, 0.25) is 0 Å². The normalized spacial score (nSPS) is 32.1. The minimum Gasteiger partial charge on any atom is -0.311 e. The smallest absolute Gasteiger partial charge is 0.0224 e. The van der Waals surface area contributed by atoms with Gasteiger partial charge in [0, 0.05) is 31.7 Å². The molecule has 2 nitrogen and oxygen atoms in total. The molecule has 104 valence electrons. The molecule has 2 fully saturated rings. The molecule has 1 aliphatic carbocycles. The molecule has 18 heavy (non-hydrogen) atoms. The van der Waals surface area contributed by atoms with Crippen LogP contribution < -0.4 is 5.32 Å². The molecule has 0 aromatic carbocycles. The van der Waals surface area contributed by atoms with Gasteiger partial charge in [-0.15, -0.1) is 0 Å². The van der Waals surface area contributed by atoms with Gasteiger partial charge in [-0.1, -0.05) is 38.3 Å². The lowest BCUT2D eigenvalue weighted by Gasteiger charge is -2.43. The minimum atomic E-state index is 0.737. The van der Waals surface area contributed by atoms with Crippen LogP contribution in [-0.4, -0.2) is 36.6 Å². The van der Waals surface area contributed by atoms with Gasteiger partial charge in [-0.25, -0.2) is 0 Å². The van der Waals surface area contributed by atoms with Gasteiger partial charge in [0.2, 0.25) is 0 Å². The summed E-state index contributed by atoms with van der Waals surface area (Å²) in [6.45, 7) is 8.03. The van der Waals surface area contributed by atoms with Gasteiger partial charge in [0.25, 0.3) is 0 Å². The molecule has 2 unspecified atom stereocenters. The number of allylic oxidation sites excluding steroid dienone is 1. The molecule has 0 amide bonds. The van der Waals surface area contributed by atoms with Crippen LogP contribution in [0.1, 0.15) is 52.4 Å². The molecule has 1 aliphatic heterocycles. The van der Waals surface area contributed by atoms with Crippen molar-refractivity contribution < 1.29 is 0 Å². The zero-order valence-electron chi connectivity index (χ0n) is 12.2. The Balaban J connectivity index is 1.90. The van der Waals surface area contributed by atoms with Crippen molar-refractivity contribution >= 4 is 0 Å². The molecule has 1 saturated carbocycles. The predicted octanol–water partition coefficient (Wildman–Crippen LogP) is 3.20. The molecule has 1 saturated heterocycles. The largest absolute Gasteiger partial charge is 0.311 e. The van der Waals surface area contributed by atoms with Crippen LogP contribution in [0.5, 0.6) is 0 Å². The van der Waals surface area contributed by atoms with Crippen LogP contribution in [0, 0.1) is 5.92 Å². The number of hydrogen-bond donors (Lipinski definition) is 1. The average Bonchev–Trinajstić information content (AvgIpc) is 2.45. The molecule has 2 heteroatoms. The van der Waals surface area contributed by atoms with Crippen molar-refractivity contribution in [3.8, 4) is 0 Å². The molecule has 0 bridgehead atoms. The highest BCUT2D eigenvalue weighted by atomic mass is 15.2. The number of nitrogens with one attached hydrogen (secondary N) is 1. The van der Waals surface area contributed by atoms with E-state index in [1.807, 2.05) is 0 Å². The highest BCUT2D eigenvalue weighted by molar-refractivity contribution is 4.93. The van der Waals surface area contributed by atoms with E-state index in [-0.39, 0.29) is 0 Å². The molecule has 1 heterocycles. The molecule has 0 aromatic rings. The second-order valence-corrected chi connectivity index (χ2v) is 6.00. The number of nitrogens with zero attached hydrogens (tertiary/aromatic N) is 1. The van der Waals surface area contributed by atoms with Crippen molar-refractivity contribution in [1.82, 2.24) is 10.2 Å². The molecule has 2 rings (SSSR count). The van der Waals surface area contributed by atoms with Crippen molar-refractivity contribution in [3.63, 3.8) is 0 Å². The van der Waals surface area contributed by atoms with Crippen LogP contribution in [0.25, 0.3) is 0 Å². The first-order valence-corrected chi connectivity index (χ1v) is 7.93. The maximum absolute atomic E-state index is 3.83. The third-order valence-corrected chi connectivity index (χ3v) is 4.83. The third kappa shape index (κ3) is 3.58. The van der Waals surface area contributed by atoms with Crippen molar-refractivity contribution in [3.05, 3.63) is 12.2 Å². The minimum absolute atomic E-state index is 0.737. The van der Waals surface area contributed by atoms with Crippen LogP contribution in [0.15, 0.2) is 12.2 Å². The zero-order valence-corrected chi connectivity index (χ0v) is 12.2. The second-order valence-electron chi connectivity index (χ2n) is 6.00. The summed E-state index contributed by atoms with van der Waals surface area (Å²) in [6, 6.07) is 1.49. The lowest BCUT2D eigenvalue weighted by molar-refractivity contribution is 0.104. The quantitative estimate of drug-likeness (QED) is 0.771. The molecular weight excluding hydrogens is 220 g/mol. The van der Waals surface area contributed by atoms with Gasteiger partial charge < -0.3 is 5.32 Å². The van der Waals surface area contributed by atoms with E-state index in [0.29, 0.717) is 0 Å². The van der Waals surface area contributed by atoms with Gasteiger partial charge in [0.05, 0.1) is 0 Å². The van der Waals surface area contributed by atoms with E-state index in [1.54, 1.807) is 0 Å². The first kappa shape index (κ1) is 14.1. The maximum atomic E-state index is 3.83. The fourth-order valence-corrected chi connectivity index (χ4v) is 3.60. The predicted molar refractivity (Wildman–Crippen MR) is 78.8 cm³/mol. The Labute approximate surface area is 113 Å². The van der Waals surface area contributed by atoms with Crippen LogP contribution >= 0.6 is 0 Å². The average molecular weight is 250 g/mol. The van der Waals surface area contributed by atoms with E-state index >= 15 is 0 Å². The van der Waals surface area contributed by atoms with Gasteiger partial charge in [-0.3, -0.25) is 4.90 Å². The van der Waals surface area contributed by atoms with E-state index in [0.717, 1.165) is 24.5 Å². The molecule has 2 atom stereocenters. The van der Waals surface area contributed by atoms with E-state index < -0.39 is 0 Å². The molecule has 2 aliphatic rings. The summed E-state index contributed by atoms with van der Waals surface area (Å²) in [5.41, 5.74) is 0. The number of hydrogen-bond acceptors (Lipinski definition) is 2. The van der Waals surface area contributed by atoms with E-state index in [1.165, 1.54) is 51.6 Å². The molecule has 1 N–H and O–H groups in total. The van der Waals surface area contributed by atoms with Crippen molar-refractivity contribution in [1.29, 1.82) is 0 Å². The molecule has 0 radical (unpaired) electrons. The van der Waals surface area contributed by atoms with E-state index in [9.17, 15) is 0 Å². The summed E-state index contributed by atoms with van der Waals surface area (Å²) in [7, 11) is 0. The zero-order chi connectivity index (χ0) is 12.8. The van der Waals surface area contributed by atoms with Crippen LogP contribution in [0.4, 0.5) is 0 Å². The second kappa shape index (κ2) is 7.30. The Hall–Kier alpha value is -0.340. The monoisotopic (exact) mass is 250 g/mol. The number of piperazine rings is 1. The third-order valence-electron chi connectivity index (χ3n) is 4.83. The fraction of sp³-hybridized carbons (Fsp3) is 0.875. The number of rotatable bonds is 4. The van der Waals surface area contributed by atoms with Gasteiger partial charge in [0.15, 0.2) is 0 Å². The Morgan fingerprint density at radius 1 is 1.22 bits per heavy atom. The first-order chi connectivity index (χ1) is 8.85. The molecular formula is C16H30N2. The first-order valence-electron chi connectivity index (χ1n) is 7.93. The van der Waals surface area contributed by atoms with Gasteiger partial charge in [-0.05, 0) is 32.1 Å². The van der Waals surface area contributed by atoms with E-state index in [2.05, 4.69) is 36.2 Å². The summed E-state index contributed by atoms with van der Waals surface area (Å²) in [5, 5.41) is 3.83. The summed E-state index contributed by atoms with van der Waals surface area (Å²) >= 11 is 0. The van der Waals surface area contributed by atoms with Crippen molar-refractivity contribution in [2.24, 2.45) is 5.92 Å². The summed E-state index contributed by atoms with van der Waals surface area (Å²) in [4.78, 5) is 2.69. The molecule has 0 spiro atoms. The maximum Gasteiger partial charge on any atom is 0.0224 e. The van der Waals surface area contributed by atoms with Gasteiger partial charge >= 0.3 is 0 Å². The van der Waals surface area contributed by atoms with Crippen molar-refractivity contribution in [2.45, 2.75) is 64.5 Å². The standard InChI is InChI=1S/C16H30N2/c1-3-5-11-18-13-16(17-12-15(18)4-2)14-9-7-6-8-10-14/h3,5,14-17H,4,6-13H2,1-2H3/b5-3+. The van der Waals surface area contributed by atoms with Crippen molar-refractivity contribution in [2.75, 3.05) is 19.6 Å². The highest BCUT2D eigenvalue weighted by Gasteiger charge is 2.31. The Bertz CT molecular complexity index is 256. The van der Waals surface area contributed by atoms with Crippen LogP contribution in [-0.2, 0) is 0 Å². The SMILES string of the molecule is C/C=C/CN1CC(C2CCCCC2)NCC1CC.